The average Bonchev–Trinajstić information content (AvgIpc) is 2.56. The number of ether oxygens (including phenoxy) is 2. The zero-order valence-electron chi connectivity index (χ0n) is 14.6. The Labute approximate surface area is 152 Å². The number of halogens is 1. The van der Waals surface area contributed by atoms with Crippen molar-refractivity contribution >= 4 is 28.4 Å². The molecule has 0 aliphatic heterocycles. The maximum absolute atomic E-state index is 12.7. The number of benzene rings is 1. The normalized spacial score (nSPS) is 14.4. The van der Waals surface area contributed by atoms with Gasteiger partial charge in [0, 0.05) is 37.1 Å². The van der Waals surface area contributed by atoms with Gasteiger partial charge in [0.15, 0.2) is 0 Å². The fourth-order valence-electron chi connectivity index (χ4n) is 3.00. The number of amides is 1. The van der Waals surface area contributed by atoms with Crippen molar-refractivity contribution in [1.29, 1.82) is 0 Å². The summed E-state index contributed by atoms with van der Waals surface area (Å²) in [6.45, 7) is 1.50. The number of pyridine rings is 1. The average molecular weight is 363 g/mol. The van der Waals surface area contributed by atoms with Crippen LogP contribution in [0.2, 0.25) is 5.15 Å². The van der Waals surface area contributed by atoms with Gasteiger partial charge in [0.05, 0.1) is 19.2 Å². The topological polar surface area (TPSA) is 51.7 Å². The van der Waals surface area contributed by atoms with Crippen molar-refractivity contribution in [3.8, 4) is 5.75 Å². The Morgan fingerprint density at radius 1 is 1.32 bits per heavy atom. The summed E-state index contributed by atoms with van der Waals surface area (Å²) in [7, 11) is 3.28. The Balaban J connectivity index is 1.86. The zero-order chi connectivity index (χ0) is 17.8. The van der Waals surface area contributed by atoms with Gasteiger partial charge in [-0.15, -0.1) is 0 Å². The van der Waals surface area contributed by atoms with E-state index in [1.54, 1.807) is 14.2 Å². The maximum Gasteiger partial charge on any atom is 0.226 e. The predicted octanol–water partition coefficient (Wildman–Crippen LogP) is 3.67. The van der Waals surface area contributed by atoms with Crippen LogP contribution in [0.1, 0.15) is 24.8 Å². The van der Waals surface area contributed by atoms with Gasteiger partial charge in [0.2, 0.25) is 5.91 Å². The van der Waals surface area contributed by atoms with Crippen LogP contribution in [0.15, 0.2) is 24.3 Å². The summed E-state index contributed by atoms with van der Waals surface area (Å²) < 4.78 is 10.4. The van der Waals surface area contributed by atoms with Crippen LogP contribution in [-0.4, -0.2) is 43.2 Å². The highest BCUT2D eigenvalue weighted by molar-refractivity contribution is 6.30. The highest BCUT2D eigenvalue weighted by Gasteiger charge is 2.29. The fourth-order valence-corrected chi connectivity index (χ4v) is 3.21. The van der Waals surface area contributed by atoms with Gasteiger partial charge in [-0.3, -0.25) is 4.79 Å². The third-order valence-corrected chi connectivity index (χ3v) is 5.07. The largest absolute Gasteiger partial charge is 0.497 e. The summed E-state index contributed by atoms with van der Waals surface area (Å²) in [4.78, 5) is 19.0. The molecule has 2 aromatic rings. The summed E-state index contributed by atoms with van der Waals surface area (Å²) in [5, 5.41) is 1.38. The van der Waals surface area contributed by atoms with Crippen molar-refractivity contribution in [1.82, 2.24) is 9.88 Å². The molecule has 0 N–H and O–H groups in total. The summed E-state index contributed by atoms with van der Waals surface area (Å²) in [6, 6.07) is 7.65. The molecule has 1 aliphatic rings. The maximum atomic E-state index is 12.7. The van der Waals surface area contributed by atoms with Crippen LogP contribution in [0.3, 0.4) is 0 Å². The van der Waals surface area contributed by atoms with Crippen LogP contribution in [0.4, 0.5) is 0 Å². The minimum atomic E-state index is 0.143. The molecule has 134 valence electrons. The van der Waals surface area contributed by atoms with Crippen molar-refractivity contribution in [2.45, 2.75) is 25.8 Å². The van der Waals surface area contributed by atoms with E-state index in [1.807, 2.05) is 29.2 Å². The highest BCUT2D eigenvalue weighted by Crippen LogP contribution is 2.30. The first kappa shape index (κ1) is 18.0. The van der Waals surface area contributed by atoms with E-state index < -0.39 is 0 Å². The lowest BCUT2D eigenvalue weighted by Gasteiger charge is -2.31. The Kier molecular flexibility index (Phi) is 5.76. The lowest BCUT2D eigenvalue weighted by Crippen LogP contribution is -2.40. The minimum absolute atomic E-state index is 0.143. The summed E-state index contributed by atoms with van der Waals surface area (Å²) in [6.07, 6.45) is 3.08. The molecule has 25 heavy (non-hydrogen) atoms. The molecule has 1 aromatic carbocycles. The number of carbonyl (C=O) groups is 1. The molecular formula is C19H23ClN2O3. The number of hydrogen-bond acceptors (Lipinski definition) is 4. The summed E-state index contributed by atoms with van der Waals surface area (Å²) >= 11 is 6.38. The predicted molar refractivity (Wildman–Crippen MR) is 97.9 cm³/mol. The van der Waals surface area contributed by atoms with Crippen molar-refractivity contribution in [3.05, 3.63) is 35.0 Å². The van der Waals surface area contributed by atoms with Gasteiger partial charge in [-0.2, -0.15) is 0 Å². The van der Waals surface area contributed by atoms with E-state index >= 15 is 0 Å². The SMILES string of the molecule is COCCN(Cc1cc2cc(OC)ccc2nc1Cl)C(=O)C1CCC1. The number of rotatable bonds is 7. The molecule has 1 aromatic heterocycles. The lowest BCUT2D eigenvalue weighted by molar-refractivity contribution is -0.139. The van der Waals surface area contributed by atoms with E-state index in [-0.39, 0.29) is 11.8 Å². The number of methoxy groups -OCH3 is 2. The fraction of sp³-hybridized carbons (Fsp3) is 0.474. The molecule has 1 saturated carbocycles. The first-order valence-corrected chi connectivity index (χ1v) is 8.91. The van der Waals surface area contributed by atoms with Gasteiger partial charge >= 0.3 is 0 Å². The smallest absolute Gasteiger partial charge is 0.226 e. The first-order valence-electron chi connectivity index (χ1n) is 8.53. The van der Waals surface area contributed by atoms with Crippen molar-refractivity contribution in [3.63, 3.8) is 0 Å². The van der Waals surface area contributed by atoms with E-state index in [9.17, 15) is 4.79 Å². The Morgan fingerprint density at radius 3 is 2.76 bits per heavy atom. The lowest BCUT2D eigenvalue weighted by atomic mass is 9.84. The van der Waals surface area contributed by atoms with Gasteiger partial charge in [0.1, 0.15) is 10.9 Å². The second-order valence-corrected chi connectivity index (χ2v) is 6.74. The molecule has 1 amide bonds. The van der Waals surface area contributed by atoms with Crippen LogP contribution < -0.4 is 4.74 Å². The molecule has 0 saturated heterocycles. The Morgan fingerprint density at radius 2 is 2.12 bits per heavy atom. The molecule has 0 radical (unpaired) electrons. The molecule has 0 spiro atoms. The summed E-state index contributed by atoms with van der Waals surface area (Å²) in [5.74, 6) is 1.10. The van der Waals surface area contributed by atoms with E-state index in [0.29, 0.717) is 24.8 Å². The molecular weight excluding hydrogens is 340 g/mol. The molecule has 1 aliphatic carbocycles. The monoisotopic (exact) mass is 362 g/mol. The van der Waals surface area contributed by atoms with Gasteiger partial charge in [-0.05, 0) is 37.1 Å². The second kappa shape index (κ2) is 8.02. The van der Waals surface area contributed by atoms with E-state index in [4.69, 9.17) is 21.1 Å². The molecule has 0 atom stereocenters. The summed E-state index contributed by atoms with van der Waals surface area (Å²) in [5.41, 5.74) is 1.65. The van der Waals surface area contributed by atoms with Gasteiger partial charge in [0.25, 0.3) is 0 Å². The van der Waals surface area contributed by atoms with Crippen LogP contribution in [0.25, 0.3) is 10.9 Å². The molecule has 5 nitrogen and oxygen atoms in total. The second-order valence-electron chi connectivity index (χ2n) is 6.38. The number of fused-ring (bicyclic) bond motifs is 1. The molecule has 1 fully saturated rings. The number of carbonyl (C=O) groups excluding carboxylic acids is 1. The highest BCUT2D eigenvalue weighted by atomic mass is 35.5. The minimum Gasteiger partial charge on any atom is -0.497 e. The number of nitrogens with zero attached hydrogens (tertiary/aromatic N) is 2. The van der Waals surface area contributed by atoms with E-state index in [2.05, 4.69) is 4.98 Å². The van der Waals surface area contributed by atoms with Crippen LogP contribution in [-0.2, 0) is 16.1 Å². The third kappa shape index (κ3) is 4.05. The van der Waals surface area contributed by atoms with Crippen molar-refractivity contribution in [2.75, 3.05) is 27.4 Å². The van der Waals surface area contributed by atoms with E-state index in [1.165, 1.54) is 0 Å². The number of aromatic nitrogens is 1. The van der Waals surface area contributed by atoms with Crippen LogP contribution in [0.5, 0.6) is 5.75 Å². The Hall–Kier alpha value is -1.85. The Bertz CT molecular complexity index is 762. The quantitative estimate of drug-likeness (QED) is 0.705. The molecule has 6 heteroatoms. The van der Waals surface area contributed by atoms with E-state index in [0.717, 1.165) is 41.5 Å². The first-order chi connectivity index (χ1) is 12.1. The van der Waals surface area contributed by atoms with Gasteiger partial charge in [-0.25, -0.2) is 4.98 Å². The van der Waals surface area contributed by atoms with Gasteiger partial charge < -0.3 is 14.4 Å². The third-order valence-electron chi connectivity index (χ3n) is 4.74. The van der Waals surface area contributed by atoms with Gasteiger partial charge in [-0.1, -0.05) is 18.0 Å². The molecule has 0 unspecified atom stereocenters. The van der Waals surface area contributed by atoms with Crippen molar-refractivity contribution < 1.29 is 14.3 Å². The van der Waals surface area contributed by atoms with Crippen LogP contribution in [0, 0.1) is 5.92 Å². The van der Waals surface area contributed by atoms with Crippen LogP contribution >= 0.6 is 11.6 Å². The van der Waals surface area contributed by atoms with Crippen molar-refractivity contribution in [2.24, 2.45) is 5.92 Å². The standard InChI is InChI=1S/C19H23ClN2O3/c1-24-9-8-22(19(23)13-4-3-5-13)12-15-10-14-11-16(25-2)6-7-17(14)21-18(15)20/h6-7,10-11,13H,3-5,8-9,12H2,1-2H3. The number of hydrogen-bond donors (Lipinski definition) is 0. The molecule has 3 rings (SSSR count). The molecule has 0 bridgehead atoms. The molecule has 1 heterocycles. The zero-order valence-corrected chi connectivity index (χ0v) is 15.4.